The number of alkyl halides is 3. The van der Waals surface area contributed by atoms with E-state index in [0.29, 0.717) is 21.5 Å². The summed E-state index contributed by atoms with van der Waals surface area (Å²) in [6.45, 7) is 5.38. The molecule has 8 nitrogen and oxygen atoms in total. The van der Waals surface area contributed by atoms with Crippen LogP contribution in [0, 0.1) is 6.92 Å². The predicted octanol–water partition coefficient (Wildman–Crippen LogP) is 7.03. The highest BCUT2D eigenvalue weighted by Gasteiger charge is 2.38. The van der Waals surface area contributed by atoms with Gasteiger partial charge in [-0.25, -0.2) is 9.50 Å². The van der Waals surface area contributed by atoms with Crippen molar-refractivity contribution in [3.63, 3.8) is 0 Å². The third-order valence-electron chi connectivity index (χ3n) is 7.97. The van der Waals surface area contributed by atoms with E-state index >= 15 is 0 Å². The van der Waals surface area contributed by atoms with E-state index in [4.69, 9.17) is 4.74 Å². The molecular weight excluding hydrogens is 571 g/mol. The number of anilines is 1. The molecule has 11 heteroatoms. The first-order chi connectivity index (χ1) is 21.0. The van der Waals surface area contributed by atoms with Gasteiger partial charge in [0, 0.05) is 23.5 Å². The summed E-state index contributed by atoms with van der Waals surface area (Å²) in [5, 5.41) is 7.25. The molecule has 5 rings (SSSR count). The summed E-state index contributed by atoms with van der Waals surface area (Å²) in [5.74, 6) is -0.850. The van der Waals surface area contributed by atoms with E-state index in [9.17, 15) is 22.8 Å². The average molecular weight is 608 g/mol. The number of benzene rings is 2. The number of amides is 2. The predicted molar refractivity (Wildman–Crippen MR) is 161 cm³/mol. The molecule has 2 aromatic heterocycles. The molecule has 1 atom stereocenters. The van der Waals surface area contributed by atoms with E-state index < -0.39 is 29.7 Å². The maximum atomic E-state index is 14.5. The van der Waals surface area contributed by atoms with Crippen LogP contribution in [0.1, 0.15) is 90.9 Å². The van der Waals surface area contributed by atoms with Gasteiger partial charge in [-0.2, -0.15) is 18.3 Å². The Morgan fingerprint density at radius 1 is 1.00 bits per heavy atom. The zero-order valence-electron chi connectivity index (χ0n) is 25.2. The highest BCUT2D eigenvalue weighted by molar-refractivity contribution is 6.09. The van der Waals surface area contributed by atoms with Gasteiger partial charge in [-0.15, -0.1) is 0 Å². The summed E-state index contributed by atoms with van der Waals surface area (Å²) in [7, 11) is 1.53. The average Bonchev–Trinajstić information content (AvgIpc) is 3.44. The Balaban J connectivity index is 1.66. The molecule has 4 aromatic rings. The molecule has 0 bridgehead atoms. The van der Waals surface area contributed by atoms with Crippen molar-refractivity contribution in [2.24, 2.45) is 0 Å². The Kier molecular flexibility index (Phi) is 8.94. The molecule has 1 fully saturated rings. The number of fused-ring (bicyclic) bond motifs is 1. The number of nitrogens with one attached hydrogen (secondary N) is 1. The number of hydrogen-bond acceptors (Lipinski definition) is 5. The number of nitrogens with zero attached hydrogens (tertiary/aromatic N) is 4. The molecule has 44 heavy (non-hydrogen) atoms. The van der Waals surface area contributed by atoms with Crippen LogP contribution >= 0.6 is 0 Å². The van der Waals surface area contributed by atoms with Crippen LogP contribution < -0.4 is 15.0 Å². The highest BCUT2D eigenvalue weighted by Crippen LogP contribution is 2.34. The van der Waals surface area contributed by atoms with E-state index in [2.05, 4.69) is 15.4 Å². The molecule has 232 valence electrons. The van der Waals surface area contributed by atoms with E-state index in [0.717, 1.165) is 43.7 Å². The Labute approximate surface area is 254 Å². The second kappa shape index (κ2) is 12.7. The lowest BCUT2D eigenvalue weighted by Gasteiger charge is -2.33. The van der Waals surface area contributed by atoms with E-state index in [1.54, 1.807) is 50.2 Å². The smallest absolute Gasteiger partial charge is 0.433 e. The first-order valence-electron chi connectivity index (χ1n) is 14.8. The minimum Gasteiger partial charge on any atom is -0.497 e. The lowest BCUT2D eigenvalue weighted by molar-refractivity contribution is -0.142. The van der Waals surface area contributed by atoms with Gasteiger partial charge in [0.1, 0.15) is 17.5 Å². The van der Waals surface area contributed by atoms with Crippen molar-refractivity contribution in [2.75, 3.05) is 12.0 Å². The van der Waals surface area contributed by atoms with Crippen LogP contribution in [0.5, 0.6) is 5.75 Å². The normalized spacial score (nSPS) is 14.9. The van der Waals surface area contributed by atoms with Crippen LogP contribution in [0.3, 0.4) is 0 Å². The number of ether oxygens (including phenoxy) is 1. The molecular formula is C33H36F3N5O3. The van der Waals surface area contributed by atoms with Crippen LogP contribution in [0.4, 0.5) is 18.9 Å². The standard InChI is InChI=1S/C33H36F3N5O3/c1-20(2)26-18-28(33(34,35)36)41-29(38-26)19-27(39-41)32(43)40(24-14-10-21(3)11-15-24)30(22-12-16-25(44-4)17-13-22)31(42)37-23-8-6-5-7-9-23/h10-20,23,30H,5-9H2,1-4H3,(H,37,42)/t30-/m1/s1. The molecule has 0 radical (unpaired) electrons. The van der Waals surface area contributed by atoms with Crippen molar-refractivity contribution in [2.45, 2.75) is 77.1 Å². The van der Waals surface area contributed by atoms with Gasteiger partial charge in [0.25, 0.3) is 5.91 Å². The van der Waals surface area contributed by atoms with Gasteiger partial charge in [0.05, 0.1) is 7.11 Å². The van der Waals surface area contributed by atoms with Gasteiger partial charge in [-0.3, -0.25) is 14.5 Å². The summed E-state index contributed by atoms with van der Waals surface area (Å²) < 4.78 is 48.3. The fourth-order valence-corrected chi connectivity index (χ4v) is 5.54. The van der Waals surface area contributed by atoms with E-state index in [1.165, 1.54) is 18.1 Å². The van der Waals surface area contributed by atoms with Gasteiger partial charge < -0.3 is 10.1 Å². The second-order valence-corrected chi connectivity index (χ2v) is 11.5. The summed E-state index contributed by atoms with van der Waals surface area (Å²) in [5.41, 5.74) is 0.645. The molecule has 1 aliphatic rings. The first kappa shape index (κ1) is 31.0. The SMILES string of the molecule is COc1ccc([C@H](C(=O)NC2CCCCC2)N(C(=O)c2cc3nc(C(C)C)cc(C(F)(F)F)n3n2)c2ccc(C)cc2)cc1. The zero-order chi connectivity index (χ0) is 31.6. The molecule has 0 spiro atoms. The number of methoxy groups -OCH3 is 1. The lowest BCUT2D eigenvalue weighted by atomic mass is 9.94. The number of aryl methyl sites for hydroxylation is 1. The Morgan fingerprint density at radius 2 is 1.66 bits per heavy atom. The molecule has 0 saturated heterocycles. The van der Waals surface area contributed by atoms with Crippen molar-refractivity contribution in [3.05, 3.63) is 88.9 Å². The fourth-order valence-electron chi connectivity index (χ4n) is 5.54. The van der Waals surface area contributed by atoms with Crippen molar-refractivity contribution in [3.8, 4) is 5.75 Å². The third kappa shape index (κ3) is 6.56. The van der Waals surface area contributed by atoms with Crippen molar-refractivity contribution in [1.82, 2.24) is 19.9 Å². The fraction of sp³-hybridized carbons (Fsp3) is 0.394. The van der Waals surface area contributed by atoms with Gasteiger partial charge in [-0.1, -0.05) is 62.9 Å². The summed E-state index contributed by atoms with van der Waals surface area (Å²) >= 11 is 0. The highest BCUT2D eigenvalue weighted by atomic mass is 19.4. The van der Waals surface area contributed by atoms with E-state index in [-0.39, 0.29) is 29.0 Å². The summed E-state index contributed by atoms with van der Waals surface area (Å²) in [6.07, 6.45) is 0.00781. The molecule has 0 aliphatic heterocycles. The molecule has 1 saturated carbocycles. The molecule has 1 N–H and O–H groups in total. The minimum atomic E-state index is -4.74. The third-order valence-corrected chi connectivity index (χ3v) is 7.97. The summed E-state index contributed by atoms with van der Waals surface area (Å²) in [6, 6.07) is 14.9. The minimum absolute atomic E-state index is 0.0461. The number of aromatic nitrogens is 3. The van der Waals surface area contributed by atoms with Gasteiger partial charge in [0.15, 0.2) is 11.3 Å². The lowest BCUT2D eigenvalue weighted by Crippen LogP contribution is -2.47. The Morgan fingerprint density at radius 3 is 2.25 bits per heavy atom. The van der Waals surface area contributed by atoms with Crippen LogP contribution in [-0.4, -0.2) is 39.6 Å². The molecule has 0 unspecified atom stereocenters. The molecule has 1 aliphatic carbocycles. The maximum Gasteiger partial charge on any atom is 0.433 e. The van der Waals surface area contributed by atoms with Crippen LogP contribution in [-0.2, 0) is 11.0 Å². The van der Waals surface area contributed by atoms with Crippen LogP contribution in [0.2, 0.25) is 0 Å². The number of halogens is 3. The van der Waals surface area contributed by atoms with Gasteiger partial charge >= 0.3 is 6.18 Å². The van der Waals surface area contributed by atoms with Crippen molar-refractivity contribution >= 4 is 23.1 Å². The summed E-state index contributed by atoms with van der Waals surface area (Å²) in [4.78, 5) is 34.3. The number of carbonyl (C=O) groups is 2. The zero-order valence-corrected chi connectivity index (χ0v) is 25.2. The largest absolute Gasteiger partial charge is 0.497 e. The second-order valence-electron chi connectivity index (χ2n) is 11.5. The van der Waals surface area contributed by atoms with Gasteiger partial charge in [0.2, 0.25) is 5.91 Å². The van der Waals surface area contributed by atoms with Gasteiger partial charge in [-0.05, 0) is 61.6 Å². The Bertz CT molecular complexity index is 1630. The van der Waals surface area contributed by atoms with Crippen molar-refractivity contribution < 1.29 is 27.5 Å². The number of carbonyl (C=O) groups excluding carboxylic acids is 2. The quantitative estimate of drug-likeness (QED) is 0.233. The van der Waals surface area contributed by atoms with Crippen molar-refractivity contribution in [1.29, 1.82) is 0 Å². The maximum absolute atomic E-state index is 14.5. The number of hydrogen-bond donors (Lipinski definition) is 1. The number of rotatable bonds is 8. The molecule has 2 aromatic carbocycles. The Hall–Kier alpha value is -4.41. The first-order valence-corrected chi connectivity index (χ1v) is 14.8. The van der Waals surface area contributed by atoms with Crippen LogP contribution in [0.15, 0.2) is 60.7 Å². The topological polar surface area (TPSA) is 88.8 Å². The van der Waals surface area contributed by atoms with Crippen LogP contribution in [0.25, 0.3) is 5.65 Å². The molecule has 2 heterocycles. The monoisotopic (exact) mass is 607 g/mol. The van der Waals surface area contributed by atoms with E-state index in [1.807, 2.05) is 19.1 Å². The molecule has 2 amide bonds.